The van der Waals surface area contributed by atoms with Crippen molar-refractivity contribution in [2.24, 2.45) is 0 Å². The number of hydrogen-bond donors (Lipinski definition) is 0. The van der Waals surface area contributed by atoms with Crippen molar-refractivity contribution < 1.29 is 17.9 Å². The normalized spacial score (nSPS) is 16.7. The van der Waals surface area contributed by atoms with E-state index in [9.17, 15) is 13.2 Å². The highest BCUT2D eigenvalue weighted by Gasteiger charge is 2.53. The lowest BCUT2D eigenvalue weighted by Crippen LogP contribution is -2.28. The molecular formula is C20H17ClF3N3O. The molecule has 0 saturated heterocycles. The Bertz CT molecular complexity index is 921. The van der Waals surface area contributed by atoms with Crippen LogP contribution in [0.5, 0.6) is 0 Å². The molecule has 1 atom stereocenters. The number of alkyl halides is 3. The number of halogens is 4. The molecule has 1 aliphatic carbocycles. The number of hydrogen-bond acceptors (Lipinski definition) is 3. The van der Waals surface area contributed by atoms with E-state index in [0.717, 1.165) is 30.5 Å². The fourth-order valence-electron chi connectivity index (χ4n) is 3.35. The molecule has 1 heterocycles. The first kappa shape index (κ1) is 19.0. The molecule has 1 fully saturated rings. The van der Waals surface area contributed by atoms with Crippen LogP contribution in [0.15, 0.2) is 61.2 Å². The number of rotatable bonds is 6. The summed E-state index contributed by atoms with van der Waals surface area (Å²) in [6, 6.07) is 12.4. The first-order chi connectivity index (χ1) is 13.4. The molecule has 0 bridgehead atoms. The standard InChI is InChI=1S/C20H17ClF3N3O/c21-17-7-3-15(4-8-17)18(19(9-10-19)27-13-25-12-26-27)28-11-14-1-5-16(6-2-14)20(22,23)24/h1-8,12-13,18H,9-11H2. The van der Waals surface area contributed by atoms with E-state index in [1.54, 1.807) is 23.1 Å². The van der Waals surface area contributed by atoms with Crippen LogP contribution in [0.25, 0.3) is 0 Å². The molecular weight excluding hydrogens is 391 g/mol. The summed E-state index contributed by atoms with van der Waals surface area (Å²) in [5.74, 6) is 0. The van der Waals surface area contributed by atoms with Crippen LogP contribution in [0, 0.1) is 0 Å². The van der Waals surface area contributed by atoms with Crippen LogP contribution in [-0.2, 0) is 23.1 Å². The molecule has 28 heavy (non-hydrogen) atoms. The number of benzene rings is 2. The summed E-state index contributed by atoms with van der Waals surface area (Å²) in [6.07, 6.45) is 0.212. The molecule has 4 nitrogen and oxygen atoms in total. The van der Waals surface area contributed by atoms with Crippen LogP contribution in [0.3, 0.4) is 0 Å². The Kier molecular flexibility index (Phi) is 4.89. The molecule has 3 aromatic rings. The van der Waals surface area contributed by atoms with Crippen LogP contribution >= 0.6 is 11.6 Å². The van der Waals surface area contributed by atoms with Crippen molar-refractivity contribution in [2.75, 3.05) is 0 Å². The highest BCUT2D eigenvalue weighted by Crippen LogP contribution is 2.54. The summed E-state index contributed by atoms with van der Waals surface area (Å²) in [4.78, 5) is 4.04. The minimum absolute atomic E-state index is 0.182. The Morgan fingerprint density at radius 2 is 1.75 bits per heavy atom. The molecule has 146 valence electrons. The van der Waals surface area contributed by atoms with Crippen molar-refractivity contribution in [3.63, 3.8) is 0 Å². The fraction of sp³-hybridized carbons (Fsp3) is 0.300. The quantitative estimate of drug-likeness (QED) is 0.549. The van der Waals surface area contributed by atoms with Crippen LogP contribution < -0.4 is 0 Å². The summed E-state index contributed by atoms with van der Waals surface area (Å²) in [7, 11) is 0. The second-order valence-corrected chi connectivity index (χ2v) is 7.32. The second kappa shape index (κ2) is 7.22. The zero-order chi connectivity index (χ0) is 19.8. The van der Waals surface area contributed by atoms with Gasteiger partial charge in [0, 0.05) is 5.02 Å². The van der Waals surface area contributed by atoms with Gasteiger partial charge in [-0.3, -0.25) is 0 Å². The van der Waals surface area contributed by atoms with Crippen LogP contribution in [0.4, 0.5) is 13.2 Å². The monoisotopic (exact) mass is 407 g/mol. The van der Waals surface area contributed by atoms with Crippen LogP contribution in [0.1, 0.15) is 35.6 Å². The third kappa shape index (κ3) is 3.77. The molecule has 8 heteroatoms. The molecule has 0 spiro atoms. The summed E-state index contributed by atoms with van der Waals surface area (Å²) in [5.41, 5.74) is 0.577. The molecule has 2 aromatic carbocycles. The van der Waals surface area contributed by atoms with Gasteiger partial charge in [-0.2, -0.15) is 18.3 Å². The third-order valence-electron chi connectivity index (χ3n) is 5.00. The van der Waals surface area contributed by atoms with Gasteiger partial charge in [-0.25, -0.2) is 9.67 Å². The van der Waals surface area contributed by atoms with Gasteiger partial charge in [-0.15, -0.1) is 0 Å². The molecule has 0 amide bonds. The van der Waals surface area contributed by atoms with E-state index in [4.69, 9.17) is 16.3 Å². The first-order valence-corrected chi connectivity index (χ1v) is 9.15. The molecule has 0 N–H and O–H groups in total. The van der Waals surface area contributed by atoms with E-state index < -0.39 is 11.7 Å². The predicted molar refractivity (Wildman–Crippen MR) is 97.7 cm³/mol. The Morgan fingerprint density at radius 3 is 2.29 bits per heavy atom. The van der Waals surface area contributed by atoms with E-state index in [0.29, 0.717) is 10.6 Å². The van der Waals surface area contributed by atoms with Crippen molar-refractivity contribution in [1.29, 1.82) is 0 Å². The minimum atomic E-state index is -4.35. The maximum Gasteiger partial charge on any atom is 0.416 e. The van der Waals surface area contributed by atoms with Crippen molar-refractivity contribution >= 4 is 11.6 Å². The van der Waals surface area contributed by atoms with Crippen LogP contribution in [-0.4, -0.2) is 14.8 Å². The predicted octanol–water partition coefficient (Wildman–Crippen LogP) is 5.40. The topological polar surface area (TPSA) is 39.9 Å². The average molecular weight is 408 g/mol. The SMILES string of the molecule is FC(F)(F)c1ccc(COC(c2ccc(Cl)cc2)C2(n3cncn3)CC2)cc1. The molecule has 1 aromatic heterocycles. The van der Waals surface area contributed by atoms with Crippen molar-refractivity contribution in [3.05, 3.63) is 82.9 Å². The Balaban J connectivity index is 1.57. The lowest BCUT2D eigenvalue weighted by molar-refractivity contribution is -0.137. The van der Waals surface area contributed by atoms with Crippen molar-refractivity contribution in [1.82, 2.24) is 14.8 Å². The van der Waals surface area contributed by atoms with E-state index >= 15 is 0 Å². The Morgan fingerprint density at radius 1 is 1.07 bits per heavy atom. The van der Waals surface area contributed by atoms with Crippen molar-refractivity contribution in [3.8, 4) is 0 Å². The minimum Gasteiger partial charge on any atom is -0.366 e. The largest absolute Gasteiger partial charge is 0.416 e. The third-order valence-corrected chi connectivity index (χ3v) is 5.25. The number of nitrogens with zero attached hydrogens (tertiary/aromatic N) is 3. The average Bonchev–Trinajstić information content (AvgIpc) is 3.27. The summed E-state index contributed by atoms with van der Waals surface area (Å²) >= 11 is 6.01. The summed E-state index contributed by atoms with van der Waals surface area (Å²) in [5, 5.41) is 4.90. The first-order valence-electron chi connectivity index (χ1n) is 8.77. The zero-order valence-corrected chi connectivity index (χ0v) is 15.5. The number of ether oxygens (including phenoxy) is 1. The van der Waals surface area contributed by atoms with Gasteiger partial charge in [0.1, 0.15) is 18.8 Å². The summed E-state index contributed by atoms with van der Waals surface area (Å²) < 4.78 is 46.3. The fourth-order valence-corrected chi connectivity index (χ4v) is 3.47. The zero-order valence-electron chi connectivity index (χ0n) is 14.7. The van der Waals surface area contributed by atoms with Gasteiger partial charge >= 0.3 is 6.18 Å². The highest BCUT2D eigenvalue weighted by molar-refractivity contribution is 6.30. The lowest BCUT2D eigenvalue weighted by atomic mass is 10.00. The van der Waals surface area contributed by atoms with Crippen LogP contribution in [0.2, 0.25) is 5.02 Å². The molecule has 1 unspecified atom stereocenters. The van der Waals surface area contributed by atoms with Crippen molar-refractivity contribution in [2.45, 2.75) is 37.3 Å². The van der Waals surface area contributed by atoms with E-state index in [1.165, 1.54) is 18.5 Å². The molecule has 0 radical (unpaired) electrons. The van der Waals surface area contributed by atoms with Gasteiger partial charge < -0.3 is 4.74 Å². The van der Waals surface area contributed by atoms with Gasteiger partial charge in [0.15, 0.2) is 0 Å². The number of aromatic nitrogens is 3. The Labute approximate surface area is 164 Å². The van der Waals surface area contributed by atoms with Gasteiger partial charge in [0.25, 0.3) is 0 Å². The summed E-state index contributed by atoms with van der Waals surface area (Å²) in [6.45, 7) is 0.182. The maximum atomic E-state index is 12.8. The lowest BCUT2D eigenvalue weighted by Gasteiger charge is -2.28. The molecule has 0 aliphatic heterocycles. The second-order valence-electron chi connectivity index (χ2n) is 6.88. The van der Waals surface area contributed by atoms with Gasteiger partial charge in [0.2, 0.25) is 0 Å². The van der Waals surface area contributed by atoms with E-state index in [2.05, 4.69) is 10.1 Å². The van der Waals surface area contributed by atoms with Gasteiger partial charge in [-0.05, 0) is 48.2 Å². The van der Waals surface area contributed by atoms with Gasteiger partial charge in [0.05, 0.1) is 17.7 Å². The Hall–Kier alpha value is -2.38. The molecule has 4 rings (SSSR count). The maximum absolute atomic E-state index is 12.8. The van der Waals surface area contributed by atoms with Gasteiger partial charge in [-0.1, -0.05) is 35.9 Å². The molecule has 1 saturated carbocycles. The smallest absolute Gasteiger partial charge is 0.366 e. The van der Waals surface area contributed by atoms with E-state index in [1.807, 2.05) is 12.1 Å². The molecule has 1 aliphatic rings. The van der Waals surface area contributed by atoms with E-state index in [-0.39, 0.29) is 18.2 Å². The highest BCUT2D eigenvalue weighted by atomic mass is 35.5.